The van der Waals surface area contributed by atoms with E-state index in [1.807, 2.05) is 47.4 Å². The Kier molecular flexibility index (Phi) is 6.32. The number of para-hydroxylation sites is 1. The van der Waals surface area contributed by atoms with Crippen molar-refractivity contribution in [2.45, 2.75) is 24.0 Å². The largest absolute Gasteiger partial charge is 0.497 e. The predicted octanol–water partition coefficient (Wildman–Crippen LogP) is 6.02. The summed E-state index contributed by atoms with van der Waals surface area (Å²) in [7, 11) is 1.65. The number of benzene rings is 3. The third-order valence-electron chi connectivity index (χ3n) is 6.23. The highest BCUT2D eigenvalue weighted by atomic mass is 32.2. The summed E-state index contributed by atoms with van der Waals surface area (Å²) in [5, 5.41) is 3.14. The number of nitrogens with zero attached hydrogens (tertiary/aromatic N) is 2. The standard InChI is InChI=1S/C28H27N3O2S/c1-33-23-9-5-7-20(17-23)18-29-28(32)31-19-22-8-3-4-10-25(22)30-16-6-11-26(30)27(31)21-12-14-24(34-2)15-13-21/h3-17,27H,18-19H2,1-2H3,(H,29,32). The first-order valence-electron chi connectivity index (χ1n) is 11.2. The predicted molar refractivity (Wildman–Crippen MR) is 137 cm³/mol. The van der Waals surface area contributed by atoms with Crippen LogP contribution in [-0.4, -0.2) is 28.9 Å². The number of carbonyl (C=O) groups is 1. The van der Waals surface area contributed by atoms with E-state index in [-0.39, 0.29) is 12.1 Å². The Balaban J connectivity index is 1.52. The van der Waals surface area contributed by atoms with E-state index >= 15 is 0 Å². The molecule has 3 aromatic carbocycles. The maximum absolute atomic E-state index is 13.7. The summed E-state index contributed by atoms with van der Waals surface area (Å²) in [4.78, 5) is 16.8. The summed E-state index contributed by atoms with van der Waals surface area (Å²) < 4.78 is 7.54. The second-order valence-electron chi connectivity index (χ2n) is 8.25. The topological polar surface area (TPSA) is 46.5 Å². The van der Waals surface area contributed by atoms with Crippen molar-refractivity contribution < 1.29 is 9.53 Å². The number of hydrogen-bond acceptors (Lipinski definition) is 3. The molecule has 1 unspecified atom stereocenters. The van der Waals surface area contributed by atoms with Gasteiger partial charge in [0.1, 0.15) is 5.75 Å². The van der Waals surface area contributed by atoms with Gasteiger partial charge in [-0.2, -0.15) is 0 Å². The van der Waals surface area contributed by atoms with Crippen molar-refractivity contribution in [3.8, 4) is 11.4 Å². The van der Waals surface area contributed by atoms with Gasteiger partial charge >= 0.3 is 6.03 Å². The average Bonchev–Trinajstić information content (AvgIpc) is 3.32. The summed E-state index contributed by atoms with van der Waals surface area (Å²) in [5.41, 5.74) is 5.36. The highest BCUT2D eigenvalue weighted by Gasteiger charge is 2.32. The molecule has 0 saturated heterocycles. The minimum Gasteiger partial charge on any atom is -0.497 e. The van der Waals surface area contributed by atoms with E-state index in [2.05, 4.69) is 64.8 Å². The zero-order valence-corrected chi connectivity index (χ0v) is 20.1. The van der Waals surface area contributed by atoms with Crippen LogP contribution in [0.1, 0.15) is 28.4 Å². The van der Waals surface area contributed by atoms with Crippen LogP contribution >= 0.6 is 11.8 Å². The quantitative estimate of drug-likeness (QED) is 0.364. The first kappa shape index (κ1) is 22.2. The Morgan fingerprint density at radius 3 is 2.65 bits per heavy atom. The van der Waals surface area contributed by atoms with E-state index in [4.69, 9.17) is 4.74 Å². The lowest BCUT2D eigenvalue weighted by Gasteiger charge is -2.31. The van der Waals surface area contributed by atoms with Crippen LogP contribution in [0.2, 0.25) is 0 Å². The van der Waals surface area contributed by atoms with Crippen molar-refractivity contribution in [3.05, 3.63) is 114 Å². The van der Waals surface area contributed by atoms with E-state index in [1.165, 1.54) is 4.90 Å². The molecule has 5 nitrogen and oxygen atoms in total. The van der Waals surface area contributed by atoms with Crippen molar-refractivity contribution in [1.29, 1.82) is 0 Å². The molecular formula is C28H27N3O2S. The van der Waals surface area contributed by atoms with E-state index in [9.17, 15) is 4.79 Å². The first-order chi connectivity index (χ1) is 16.7. The van der Waals surface area contributed by atoms with Crippen LogP contribution in [0.5, 0.6) is 5.75 Å². The maximum Gasteiger partial charge on any atom is 0.318 e. The highest BCUT2D eigenvalue weighted by molar-refractivity contribution is 7.98. The van der Waals surface area contributed by atoms with Gasteiger partial charge in [-0.3, -0.25) is 0 Å². The van der Waals surface area contributed by atoms with Gasteiger partial charge in [0, 0.05) is 23.3 Å². The zero-order valence-electron chi connectivity index (χ0n) is 19.3. The lowest BCUT2D eigenvalue weighted by atomic mass is 10.0. The van der Waals surface area contributed by atoms with Crippen LogP contribution in [0.15, 0.2) is 96.0 Å². The second-order valence-corrected chi connectivity index (χ2v) is 9.13. The zero-order chi connectivity index (χ0) is 23.5. The van der Waals surface area contributed by atoms with Gasteiger partial charge in [-0.25, -0.2) is 4.79 Å². The molecule has 0 aliphatic carbocycles. The third-order valence-corrected chi connectivity index (χ3v) is 6.98. The summed E-state index contributed by atoms with van der Waals surface area (Å²) >= 11 is 1.71. The Hall–Kier alpha value is -3.64. The fourth-order valence-electron chi connectivity index (χ4n) is 4.54. The molecular weight excluding hydrogens is 442 g/mol. The highest BCUT2D eigenvalue weighted by Crippen LogP contribution is 2.37. The molecule has 0 saturated carbocycles. The molecule has 2 amide bonds. The monoisotopic (exact) mass is 469 g/mol. The van der Waals surface area contributed by atoms with Crippen molar-refractivity contribution in [2.24, 2.45) is 0 Å². The van der Waals surface area contributed by atoms with Gasteiger partial charge in [0.15, 0.2) is 0 Å². The minimum atomic E-state index is -0.219. The number of methoxy groups -OCH3 is 1. The van der Waals surface area contributed by atoms with Gasteiger partial charge in [0.05, 0.1) is 25.4 Å². The van der Waals surface area contributed by atoms with Gasteiger partial charge < -0.3 is 19.5 Å². The molecule has 0 bridgehead atoms. The Labute approximate surface area is 204 Å². The van der Waals surface area contributed by atoms with Crippen LogP contribution in [0.3, 0.4) is 0 Å². The third kappa shape index (κ3) is 4.29. The summed E-state index contributed by atoms with van der Waals surface area (Å²) in [6.07, 6.45) is 4.15. The lowest BCUT2D eigenvalue weighted by Crippen LogP contribution is -2.41. The van der Waals surface area contributed by atoms with Crippen LogP contribution in [0, 0.1) is 0 Å². The van der Waals surface area contributed by atoms with Gasteiger partial charge in [0.25, 0.3) is 0 Å². The fourth-order valence-corrected chi connectivity index (χ4v) is 4.95. The number of fused-ring (bicyclic) bond motifs is 3. The number of thioether (sulfide) groups is 1. The maximum atomic E-state index is 13.7. The average molecular weight is 470 g/mol. The summed E-state index contributed by atoms with van der Waals surface area (Å²) in [5.74, 6) is 0.778. The molecule has 0 radical (unpaired) electrons. The van der Waals surface area contributed by atoms with E-state index < -0.39 is 0 Å². The molecule has 1 atom stereocenters. The van der Waals surface area contributed by atoms with E-state index in [0.717, 1.165) is 33.8 Å². The number of carbonyl (C=O) groups excluding carboxylic acids is 1. The number of rotatable bonds is 5. The second kappa shape index (κ2) is 9.69. The SMILES string of the molecule is COc1cccc(CNC(=O)N2Cc3ccccc3-n3cccc3C2c2ccc(SC)cc2)c1. The Bertz CT molecular complexity index is 1300. The summed E-state index contributed by atoms with van der Waals surface area (Å²) in [6.45, 7) is 0.935. The Morgan fingerprint density at radius 2 is 1.85 bits per heavy atom. The molecule has 2 heterocycles. The smallest absolute Gasteiger partial charge is 0.318 e. The number of nitrogens with one attached hydrogen (secondary N) is 1. The number of aromatic nitrogens is 1. The molecule has 4 aromatic rings. The summed E-state index contributed by atoms with van der Waals surface area (Å²) in [6, 6.07) is 28.4. The molecule has 1 aromatic heterocycles. The normalized spacial score (nSPS) is 14.6. The molecule has 5 rings (SSSR count). The molecule has 1 N–H and O–H groups in total. The number of urea groups is 1. The molecule has 6 heteroatoms. The van der Waals surface area contributed by atoms with Gasteiger partial charge in [-0.15, -0.1) is 11.8 Å². The van der Waals surface area contributed by atoms with Crippen LogP contribution in [0.4, 0.5) is 4.79 Å². The number of hydrogen-bond donors (Lipinski definition) is 1. The number of amides is 2. The molecule has 1 aliphatic rings. The Morgan fingerprint density at radius 1 is 1.03 bits per heavy atom. The molecule has 1 aliphatic heterocycles. The van der Waals surface area contributed by atoms with E-state index in [0.29, 0.717) is 13.1 Å². The molecule has 34 heavy (non-hydrogen) atoms. The minimum absolute atomic E-state index is 0.105. The first-order valence-corrected chi connectivity index (χ1v) is 12.5. The van der Waals surface area contributed by atoms with Crippen molar-refractivity contribution >= 4 is 17.8 Å². The van der Waals surface area contributed by atoms with Gasteiger partial charge in [-0.05, 0) is 65.4 Å². The van der Waals surface area contributed by atoms with Gasteiger partial charge in [0.2, 0.25) is 0 Å². The molecule has 172 valence electrons. The van der Waals surface area contributed by atoms with Crippen molar-refractivity contribution in [1.82, 2.24) is 14.8 Å². The van der Waals surface area contributed by atoms with Crippen molar-refractivity contribution in [3.63, 3.8) is 0 Å². The van der Waals surface area contributed by atoms with Crippen LogP contribution in [0.25, 0.3) is 5.69 Å². The molecule has 0 fully saturated rings. The van der Waals surface area contributed by atoms with Crippen LogP contribution in [-0.2, 0) is 13.1 Å². The van der Waals surface area contributed by atoms with E-state index in [1.54, 1.807) is 18.9 Å². The van der Waals surface area contributed by atoms with Crippen molar-refractivity contribution in [2.75, 3.05) is 13.4 Å². The van der Waals surface area contributed by atoms with Gasteiger partial charge in [-0.1, -0.05) is 42.5 Å². The molecule has 0 spiro atoms. The fraction of sp³-hybridized carbons (Fsp3) is 0.179. The lowest BCUT2D eigenvalue weighted by molar-refractivity contribution is 0.180. The van der Waals surface area contributed by atoms with Crippen LogP contribution < -0.4 is 10.1 Å². The number of ether oxygens (including phenoxy) is 1.